The van der Waals surface area contributed by atoms with Crippen molar-refractivity contribution in [1.82, 2.24) is 9.97 Å². The van der Waals surface area contributed by atoms with Crippen molar-refractivity contribution in [3.05, 3.63) is 11.9 Å². The Morgan fingerprint density at radius 1 is 1.42 bits per heavy atom. The standard InChI is InChI=1S/C13H24N4O2/c1-5-14-11-8-13(16-12(15-11)9-19-4)17(6-7-18)10(2)3/h8,10,18H,5-7,9H2,1-4H3,(H,14,15,16). The molecule has 1 aromatic heterocycles. The summed E-state index contributed by atoms with van der Waals surface area (Å²) < 4.78 is 5.10. The van der Waals surface area contributed by atoms with Gasteiger partial charge in [0.1, 0.15) is 18.2 Å². The molecule has 0 aliphatic heterocycles. The number of ether oxygens (including phenoxy) is 1. The minimum absolute atomic E-state index is 0.0956. The fourth-order valence-electron chi connectivity index (χ4n) is 1.84. The van der Waals surface area contributed by atoms with Gasteiger partial charge in [0.15, 0.2) is 5.82 Å². The van der Waals surface area contributed by atoms with Gasteiger partial charge in [-0.3, -0.25) is 0 Å². The third-order valence-electron chi connectivity index (χ3n) is 2.65. The van der Waals surface area contributed by atoms with E-state index in [2.05, 4.69) is 29.1 Å². The lowest BCUT2D eigenvalue weighted by atomic mass is 10.3. The molecule has 1 aromatic rings. The molecular formula is C13H24N4O2. The third-order valence-corrected chi connectivity index (χ3v) is 2.65. The van der Waals surface area contributed by atoms with Gasteiger partial charge in [-0.2, -0.15) is 0 Å². The summed E-state index contributed by atoms with van der Waals surface area (Å²) in [5.74, 6) is 2.23. The SMILES string of the molecule is CCNc1cc(N(CCO)C(C)C)nc(COC)n1. The Hall–Kier alpha value is -1.40. The topological polar surface area (TPSA) is 70.5 Å². The van der Waals surface area contributed by atoms with Crippen LogP contribution in [0.2, 0.25) is 0 Å². The molecule has 0 fully saturated rings. The number of nitrogens with zero attached hydrogens (tertiary/aromatic N) is 3. The zero-order valence-electron chi connectivity index (χ0n) is 12.2. The van der Waals surface area contributed by atoms with Crippen LogP contribution in [0.3, 0.4) is 0 Å². The van der Waals surface area contributed by atoms with Gasteiger partial charge in [-0.05, 0) is 20.8 Å². The summed E-state index contributed by atoms with van der Waals surface area (Å²) >= 11 is 0. The zero-order chi connectivity index (χ0) is 14.3. The van der Waals surface area contributed by atoms with Crippen molar-refractivity contribution in [2.75, 3.05) is 37.0 Å². The van der Waals surface area contributed by atoms with Gasteiger partial charge in [-0.15, -0.1) is 0 Å². The fourth-order valence-corrected chi connectivity index (χ4v) is 1.84. The highest BCUT2D eigenvalue weighted by Gasteiger charge is 2.14. The number of nitrogens with one attached hydrogen (secondary N) is 1. The Bertz CT molecular complexity index is 361. The van der Waals surface area contributed by atoms with Crippen LogP contribution in [-0.4, -0.2) is 47.9 Å². The predicted molar refractivity (Wildman–Crippen MR) is 76.5 cm³/mol. The van der Waals surface area contributed by atoms with Crippen molar-refractivity contribution in [3.8, 4) is 0 Å². The molecule has 0 saturated heterocycles. The molecule has 0 aromatic carbocycles. The molecule has 0 unspecified atom stereocenters. The molecule has 0 saturated carbocycles. The number of rotatable bonds is 8. The van der Waals surface area contributed by atoms with E-state index in [9.17, 15) is 0 Å². The number of hydrogen-bond acceptors (Lipinski definition) is 6. The second-order valence-electron chi connectivity index (χ2n) is 4.50. The monoisotopic (exact) mass is 268 g/mol. The van der Waals surface area contributed by atoms with E-state index in [1.165, 1.54) is 0 Å². The Balaban J connectivity index is 3.08. The lowest BCUT2D eigenvalue weighted by Gasteiger charge is -2.27. The van der Waals surface area contributed by atoms with E-state index in [0.29, 0.717) is 19.0 Å². The molecule has 0 atom stereocenters. The summed E-state index contributed by atoms with van der Waals surface area (Å²) in [6.07, 6.45) is 0. The molecule has 6 nitrogen and oxygen atoms in total. The van der Waals surface area contributed by atoms with Gasteiger partial charge in [-0.25, -0.2) is 9.97 Å². The summed E-state index contributed by atoms with van der Waals surface area (Å²) in [6, 6.07) is 2.16. The lowest BCUT2D eigenvalue weighted by molar-refractivity contribution is 0.178. The molecule has 0 radical (unpaired) electrons. The smallest absolute Gasteiger partial charge is 0.158 e. The largest absolute Gasteiger partial charge is 0.395 e. The Kier molecular flexibility index (Phi) is 6.52. The highest BCUT2D eigenvalue weighted by Crippen LogP contribution is 2.18. The van der Waals surface area contributed by atoms with E-state index in [1.54, 1.807) is 7.11 Å². The van der Waals surface area contributed by atoms with E-state index in [-0.39, 0.29) is 12.6 Å². The van der Waals surface area contributed by atoms with E-state index in [4.69, 9.17) is 9.84 Å². The summed E-state index contributed by atoms with van der Waals surface area (Å²) in [7, 11) is 1.62. The van der Waals surface area contributed by atoms with Crippen molar-refractivity contribution < 1.29 is 9.84 Å². The first kappa shape index (κ1) is 15.7. The predicted octanol–water partition coefficient (Wildman–Crippen LogP) is 1.26. The molecule has 1 rings (SSSR count). The fraction of sp³-hybridized carbons (Fsp3) is 0.692. The summed E-state index contributed by atoms with van der Waals surface area (Å²) in [4.78, 5) is 10.9. The Morgan fingerprint density at radius 2 is 2.16 bits per heavy atom. The number of aliphatic hydroxyl groups excluding tert-OH is 1. The van der Waals surface area contributed by atoms with Gasteiger partial charge in [0, 0.05) is 32.3 Å². The summed E-state index contributed by atoms with van der Waals surface area (Å²) in [5, 5.41) is 12.4. The van der Waals surface area contributed by atoms with E-state index >= 15 is 0 Å². The molecule has 0 aliphatic rings. The third kappa shape index (κ3) is 4.65. The summed E-state index contributed by atoms with van der Waals surface area (Å²) in [6.45, 7) is 7.97. The van der Waals surface area contributed by atoms with Crippen LogP contribution in [0.25, 0.3) is 0 Å². The Labute approximate surface area is 114 Å². The van der Waals surface area contributed by atoms with Crippen LogP contribution in [0.1, 0.15) is 26.6 Å². The first-order valence-electron chi connectivity index (χ1n) is 6.60. The van der Waals surface area contributed by atoms with Gasteiger partial charge in [0.05, 0.1) is 6.61 Å². The molecule has 19 heavy (non-hydrogen) atoms. The molecule has 6 heteroatoms. The first-order valence-corrected chi connectivity index (χ1v) is 6.60. The van der Waals surface area contributed by atoms with Crippen LogP contribution >= 0.6 is 0 Å². The van der Waals surface area contributed by atoms with Crippen LogP contribution in [-0.2, 0) is 11.3 Å². The maximum absolute atomic E-state index is 9.17. The van der Waals surface area contributed by atoms with Gasteiger partial charge in [0.25, 0.3) is 0 Å². The van der Waals surface area contributed by atoms with Crippen LogP contribution in [0, 0.1) is 0 Å². The van der Waals surface area contributed by atoms with Crippen molar-refractivity contribution in [3.63, 3.8) is 0 Å². The van der Waals surface area contributed by atoms with Crippen molar-refractivity contribution in [2.45, 2.75) is 33.4 Å². The van der Waals surface area contributed by atoms with Gasteiger partial charge < -0.3 is 20.1 Å². The highest BCUT2D eigenvalue weighted by molar-refractivity contribution is 5.50. The maximum atomic E-state index is 9.17. The molecule has 0 bridgehead atoms. The normalized spacial score (nSPS) is 10.8. The molecule has 0 spiro atoms. The van der Waals surface area contributed by atoms with Crippen LogP contribution in [0.4, 0.5) is 11.6 Å². The minimum Gasteiger partial charge on any atom is -0.395 e. The average molecular weight is 268 g/mol. The summed E-state index contributed by atoms with van der Waals surface area (Å²) in [5.41, 5.74) is 0. The first-order chi connectivity index (χ1) is 9.12. The number of aromatic nitrogens is 2. The molecule has 0 aliphatic carbocycles. The van der Waals surface area contributed by atoms with Crippen molar-refractivity contribution >= 4 is 11.6 Å². The molecule has 2 N–H and O–H groups in total. The number of aliphatic hydroxyl groups is 1. The number of hydrogen-bond donors (Lipinski definition) is 2. The molecular weight excluding hydrogens is 244 g/mol. The second-order valence-corrected chi connectivity index (χ2v) is 4.50. The van der Waals surface area contributed by atoms with Gasteiger partial charge in [0.2, 0.25) is 0 Å². The number of methoxy groups -OCH3 is 1. The number of anilines is 2. The second kappa shape index (κ2) is 7.91. The molecule has 108 valence electrons. The van der Waals surface area contributed by atoms with Crippen molar-refractivity contribution in [2.24, 2.45) is 0 Å². The van der Waals surface area contributed by atoms with E-state index in [1.807, 2.05) is 17.9 Å². The average Bonchev–Trinajstić information content (AvgIpc) is 2.36. The Morgan fingerprint density at radius 3 is 2.68 bits per heavy atom. The van der Waals surface area contributed by atoms with Crippen LogP contribution in [0.5, 0.6) is 0 Å². The minimum atomic E-state index is 0.0956. The molecule has 1 heterocycles. The zero-order valence-corrected chi connectivity index (χ0v) is 12.2. The van der Waals surface area contributed by atoms with Crippen LogP contribution in [0.15, 0.2) is 6.07 Å². The van der Waals surface area contributed by atoms with E-state index < -0.39 is 0 Å². The quantitative estimate of drug-likeness (QED) is 0.739. The van der Waals surface area contributed by atoms with Gasteiger partial charge >= 0.3 is 0 Å². The van der Waals surface area contributed by atoms with Crippen LogP contribution < -0.4 is 10.2 Å². The van der Waals surface area contributed by atoms with Gasteiger partial charge in [-0.1, -0.05) is 0 Å². The lowest BCUT2D eigenvalue weighted by Crippen LogP contribution is -2.34. The molecule has 0 amide bonds. The highest BCUT2D eigenvalue weighted by atomic mass is 16.5. The maximum Gasteiger partial charge on any atom is 0.158 e. The van der Waals surface area contributed by atoms with Crippen molar-refractivity contribution in [1.29, 1.82) is 0 Å². The van der Waals surface area contributed by atoms with E-state index in [0.717, 1.165) is 18.2 Å².